The Hall–Kier alpha value is -5.93. The number of nitrogens with one attached hydrogen (secondary N) is 3. The molecule has 3 N–H and O–H groups in total. The maximum Gasteiger partial charge on any atom is 0.284 e. The molecular formula is C37H29Cl2N9O4S. The second-order valence-electron chi connectivity index (χ2n) is 11.6. The summed E-state index contributed by atoms with van der Waals surface area (Å²) >= 11 is 11.9. The van der Waals surface area contributed by atoms with Crippen molar-refractivity contribution in [1.29, 1.82) is 0 Å². The fraction of sp³-hybridized carbons (Fsp3) is 0.0811. The van der Waals surface area contributed by atoms with Crippen LogP contribution in [-0.4, -0.2) is 56.4 Å². The first-order valence-electron chi connectivity index (χ1n) is 15.8. The standard InChI is InChI=1S/C21H16ClN5O.C16H13ClN4O3S/c1-13-8-25-17(10-24-13)11-26-21(28)19-7-4-15-9-23-12-18(20(15)27-19)14-2-5-16(22)6-3-14;1-25(23,24)21-20-16(22)14-7-4-11-8-18-9-13(15(11)19-14)10-2-5-12(17)6-3-10/h2-10,12H,11H2,1H3,(H,26,28);2-9,21H,1H3,(H,20,22). The monoisotopic (exact) mass is 765 g/mol. The SMILES string of the molecule is CS(=O)(=O)NNC(=O)c1ccc2cncc(-c3ccc(Cl)cc3)c2n1.Cc1cnc(CNC(=O)c2ccc3cncc(-c4ccc(Cl)cc4)c3n2)cn1. The number of sulfonamides is 1. The zero-order valence-corrected chi connectivity index (χ0v) is 30.4. The Labute approximate surface area is 313 Å². The minimum atomic E-state index is -3.56. The number of halogens is 2. The van der Waals surface area contributed by atoms with Gasteiger partial charge in [0.2, 0.25) is 10.0 Å². The van der Waals surface area contributed by atoms with Gasteiger partial charge in [-0.3, -0.25) is 35.0 Å². The number of carbonyl (C=O) groups excluding carboxylic acids is 2. The summed E-state index contributed by atoms with van der Waals surface area (Å²) in [5.74, 6) is -0.936. The summed E-state index contributed by atoms with van der Waals surface area (Å²) in [5.41, 5.74) is 8.65. The first-order chi connectivity index (χ1) is 25.4. The van der Waals surface area contributed by atoms with Crippen LogP contribution in [0.5, 0.6) is 0 Å². The van der Waals surface area contributed by atoms with Crippen LogP contribution in [0, 0.1) is 6.92 Å². The Balaban J connectivity index is 0.000000183. The summed E-state index contributed by atoms with van der Waals surface area (Å²) < 4.78 is 22.2. The maximum atomic E-state index is 12.6. The van der Waals surface area contributed by atoms with E-state index in [9.17, 15) is 18.0 Å². The molecule has 0 atom stereocenters. The second kappa shape index (κ2) is 16.2. The number of hydrogen-bond donors (Lipinski definition) is 3. The molecule has 0 fully saturated rings. The first-order valence-corrected chi connectivity index (χ1v) is 18.4. The largest absolute Gasteiger partial charge is 0.345 e. The lowest BCUT2D eigenvalue weighted by atomic mass is 10.0. The topological polar surface area (TPSA) is 182 Å². The Morgan fingerprint density at radius 1 is 0.642 bits per heavy atom. The summed E-state index contributed by atoms with van der Waals surface area (Å²) in [4.78, 5) is 52.4. The van der Waals surface area contributed by atoms with E-state index in [0.717, 1.165) is 45.0 Å². The molecule has 5 aromatic heterocycles. The number of hydrazine groups is 1. The zero-order chi connectivity index (χ0) is 37.5. The lowest BCUT2D eigenvalue weighted by Crippen LogP contribution is -2.41. The Bertz CT molecular complexity index is 2560. The molecule has 266 valence electrons. The van der Waals surface area contributed by atoms with Crippen molar-refractivity contribution >= 4 is 66.8 Å². The number of amides is 2. The van der Waals surface area contributed by atoms with Gasteiger partial charge in [0, 0.05) is 62.9 Å². The number of hydrogen-bond acceptors (Lipinski definition) is 10. The summed E-state index contributed by atoms with van der Waals surface area (Å²) in [5, 5.41) is 5.70. The third-order valence-corrected chi connectivity index (χ3v) is 8.56. The third-order valence-electron chi connectivity index (χ3n) is 7.59. The molecule has 53 heavy (non-hydrogen) atoms. The normalized spacial score (nSPS) is 11.1. The summed E-state index contributed by atoms with van der Waals surface area (Å²) in [6.45, 7) is 2.15. The number of carbonyl (C=O) groups is 2. The van der Waals surface area contributed by atoms with Gasteiger partial charge in [0.1, 0.15) is 11.4 Å². The minimum Gasteiger partial charge on any atom is -0.345 e. The number of aromatic nitrogens is 6. The van der Waals surface area contributed by atoms with Gasteiger partial charge in [0.15, 0.2) is 0 Å². The van der Waals surface area contributed by atoms with Crippen molar-refractivity contribution in [3.8, 4) is 22.3 Å². The Kier molecular flexibility index (Phi) is 11.2. The van der Waals surface area contributed by atoms with Crippen LogP contribution in [0.3, 0.4) is 0 Å². The Morgan fingerprint density at radius 2 is 1.15 bits per heavy atom. The van der Waals surface area contributed by atoms with E-state index in [0.29, 0.717) is 32.5 Å². The van der Waals surface area contributed by atoms with E-state index in [1.807, 2.05) is 54.2 Å². The smallest absolute Gasteiger partial charge is 0.284 e. The molecule has 0 aliphatic carbocycles. The molecule has 0 radical (unpaired) electrons. The van der Waals surface area contributed by atoms with E-state index in [1.165, 1.54) is 6.07 Å². The summed E-state index contributed by atoms with van der Waals surface area (Å²) in [7, 11) is -3.56. The number of rotatable bonds is 8. The van der Waals surface area contributed by atoms with Crippen molar-refractivity contribution in [2.45, 2.75) is 13.5 Å². The van der Waals surface area contributed by atoms with Crippen molar-refractivity contribution in [1.82, 2.24) is 45.5 Å². The van der Waals surface area contributed by atoms with E-state index >= 15 is 0 Å². The predicted octanol–water partition coefficient (Wildman–Crippen LogP) is 6.12. The van der Waals surface area contributed by atoms with Gasteiger partial charge in [-0.1, -0.05) is 47.5 Å². The number of nitrogens with zero attached hydrogens (tertiary/aromatic N) is 6. The molecule has 0 spiro atoms. The zero-order valence-electron chi connectivity index (χ0n) is 28.1. The van der Waals surface area contributed by atoms with Gasteiger partial charge in [0.25, 0.3) is 11.8 Å². The van der Waals surface area contributed by atoms with Gasteiger partial charge in [0.05, 0.1) is 41.4 Å². The lowest BCUT2D eigenvalue weighted by Gasteiger charge is -2.08. The van der Waals surface area contributed by atoms with Gasteiger partial charge < -0.3 is 5.32 Å². The molecule has 7 aromatic rings. The van der Waals surface area contributed by atoms with Gasteiger partial charge in [-0.05, 0) is 66.6 Å². The van der Waals surface area contributed by atoms with Gasteiger partial charge in [-0.2, -0.15) is 0 Å². The number of fused-ring (bicyclic) bond motifs is 2. The van der Waals surface area contributed by atoms with Crippen LogP contribution in [0.2, 0.25) is 10.0 Å². The molecule has 5 heterocycles. The van der Waals surface area contributed by atoms with E-state index in [2.05, 4.69) is 40.6 Å². The molecule has 0 aliphatic rings. The fourth-order valence-electron chi connectivity index (χ4n) is 5.00. The highest BCUT2D eigenvalue weighted by molar-refractivity contribution is 7.88. The highest BCUT2D eigenvalue weighted by atomic mass is 35.5. The van der Waals surface area contributed by atoms with Crippen molar-refractivity contribution in [3.05, 3.63) is 143 Å². The number of aryl methyl sites for hydroxylation is 1. The fourth-order valence-corrected chi connectivity index (χ4v) is 5.53. The summed E-state index contributed by atoms with van der Waals surface area (Å²) in [6.07, 6.45) is 11.0. The van der Waals surface area contributed by atoms with E-state index < -0.39 is 15.9 Å². The van der Waals surface area contributed by atoms with Crippen molar-refractivity contribution in [2.24, 2.45) is 0 Å². The van der Waals surface area contributed by atoms with Crippen molar-refractivity contribution < 1.29 is 18.0 Å². The van der Waals surface area contributed by atoms with Crippen LogP contribution >= 0.6 is 23.2 Å². The van der Waals surface area contributed by atoms with E-state index in [-0.39, 0.29) is 18.1 Å². The maximum absolute atomic E-state index is 12.6. The quantitative estimate of drug-likeness (QED) is 0.152. The minimum absolute atomic E-state index is 0.0741. The van der Waals surface area contributed by atoms with Crippen LogP contribution in [-0.2, 0) is 16.6 Å². The average molecular weight is 767 g/mol. The average Bonchev–Trinajstić information content (AvgIpc) is 3.16. The van der Waals surface area contributed by atoms with Gasteiger partial charge >= 0.3 is 0 Å². The molecule has 7 rings (SSSR count). The molecule has 0 unspecified atom stereocenters. The highest BCUT2D eigenvalue weighted by Gasteiger charge is 2.14. The van der Waals surface area contributed by atoms with E-state index in [4.69, 9.17) is 23.2 Å². The second-order valence-corrected chi connectivity index (χ2v) is 14.2. The molecular weight excluding hydrogens is 737 g/mol. The molecule has 13 nitrogen and oxygen atoms in total. The molecule has 0 aliphatic heterocycles. The third kappa shape index (κ3) is 9.50. The molecule has 16 heteroatoms. The first kappa shape index (κ1) is 36.8. The molecule has 2 amide bonds. The van der Waals surface area contributed by atoms with Crippen molar-refractivity contribution in [3.63, 3.8) is 0 Å². The molecule has 0 saturated heterocycles. The van der Waals surface area contributed by atoms with Crippen LogP contribution in [0.15, 0.2) is 110 Å². The van der Waals surface area contributed by atoms with Crippen LogP contribution in [0.1, 0.15) is 32.4 Å². The Morgan fingerprint density at radius 3 is 1.62 bits per heavy atom. The van der Waals surface area contributed by atoms with Gasteiger partial charge in [-0.25, -0.2) is 18.4 Å². The van der Waals surface area contributed by atoms with Crippen LogP contribution < -0.4 is 15.6 Å². The number of benzene rings is 2. The lowest BCUT2D eigenvalue weighted by molar-refractivity contribution is 0.0935. The van der Waals surface area contributed by atoms with Crippen molar-refractivity contribution in [2.75, 3.05) is 6.26 Å². The molecule has 0 bridgehead atoms. The van der Waals surface area contributed by atoms with Crippen LogP contribution in [0.4, 0.5) is 0 Å². The molecule has 0 saturated carbocycles. The van der Waals surface area contributed by atoms with E-state index in [1.54, 1.807) is 61.4 Å². The van der Waals surface area contributed by atoms with Gasteiger partial charge in [-0.15, -0.1) is 4.83 Å². The highest BCUT2D eigenvalue weighted by Crippen LogP contribution is 2.29. The number of pyridine rings is 4. The molecule has 2 aromatic carbocycles. The predicted molar refractivity (Wildman–Crippen MR) is 203 cm³/mol. The van der Waals surface area contributed by atoms with Crippen LogP contribution in [0.25, 0.3) is 44.1 Å². The summed E-state index contributed by atoms with van der Waals surface area (Å²) in [6, 6.07) is 21.3.